The fraction of sp³-hybridized carbons (Fsp3) is 0.462. The van der Waals surface area contributed by atoms with E-state index in [1.54, 1.807) is 0 Å². The molecule has 0 aliphatic rings. The van der Waals surface area contributed by atoms with Crippen molar-refractivity contribution in [2.75, 3.05) is 6.54 Å². The Bertz CT molecular complexity index is 488. The minimum absolute atomic E-state index is 0.0477. The molecule has 1 atom stereocenters. The van der Waals surface area contributed by atoms with E-state index in [0.29, 0.717) is 12.1 Å². The molecule has 0 spiro atoms. The number of carbonyl (C=O) groups excluding carboxylic acids is 1. The summed E-state index contributed by atoms with van der Waals surface area (Å²) in [6, 6.07) is 1.41. The van der Waals surface area contributed by atoms with Crippen LogP contribution in [0.5, 0.6) is 0 Å². The fourth-order valence-corrected chi connectivity index (χ4v) is 1.68. The molecule has 2 nitrogen and oxygen atoms in total. The van der Waals surface area contributed by atoms with Gasteiger partial charge in [-0.25, -0.2) is 0 Å². The second kappa shape index (κ2) is 5.95. The molecule has 0 aliphatic carbocycles. The van der Waals surface area contributed by atoms with Crippen LogP contribution in [0.2, 0.25) is 0 Å². The van der Waals surface area contributed by atoms with E-state index >= 15 is 0 Å². The minimum atomic E-state index is -4.87. The number of benzene rings is 1. The van der Waals surface area contributed by atoms with E-state index in [1.165, 1.54) is 13.8 Å². The first-order chi connectivity index (χ1) is 9.41. The molecule has 0 aromatic heterocycles. The third kappa shape index (κ3) is 4.95. The predicted molar refractivity (Wildman–Crippen MR) is 63.5 cm³/mol. The first-order valence-electron chi connectivity index (χ1n) is 5.95. The lowest BCUT2D eigenvalue weighted by Crippen LogP contribution is -2.25. The normalized spacial score (nSPS) is 13.9. The molecule has 0 saturated carbocycles. The number of amides is 1. The Morgan fingerprint density at radius 3 is 1.81 bits per heavy atom. The van der Waals surface area contributed by atoms with Crippen molar-refractivity contribution in [1.29, 1.82) is 0 Å². The highest BCUT2D eigenvalue weighted by Gasteiger charge is 2.37. The Balaban J connectivity index is 3.22. The predicted octanol–water partition coefficient (Wildman–Crippen LogP) is 3.96. The van der Waals surface area contributed by atoms with Crippen molar-refractivity contribution in [3.05, 3.63) is 34.9 Å². The van der Waals surface area contributed by atoms with Crippen molar-refractivity contribution in [2.45, 2.75) is 32.1 Å². The summed E-state index contributed by atoms with van der Waals surface area (Å²) in [4.78, 5) is 10.8. The molecular weight excluding hydrogens is 300 g/mol. The number of hydrogen-bond donors (Lipinski definition) is 1. The molecule has 0 unspecified atom stereocenters. The summed E-state index contributed by atoms with van der Waals surface area (Å²) < 4.78 is 76.1. The lowest BCUT2D eigenvalue weighted by molar-refractivity contribution is -0.143. The quantitative estimate of drug-likeness (QED) is 0.841. The average Bonchev–Trinajstić information content (AvgIpc) is 2.33. The highest BCUT2D eigenvalue weighted by molar-refractivity contribution is 5.72. The molecule has 0 bridgehead atoms. The topological polar surface area (TPSA) is 29.1 Å². The van der Waals surface area contributed by atoms with E-state index in [2.05, 4.69) is 5.32 Å². The number of halogens is 6. The number of alkyl halides is 6. The van der Waals surface area contributed by atoms with Crippen molar-refractivity contribution in [2.24, 2.45) is 0 Å². The zero-order chi connectivity index (χ0) is 16.4. The molecular formula is C13H13F6NO. The highest BCUT2D eigenvalue weighted by atomic mass is 19.4. The number of carbonyl (C=O) groups is 1. The smallest absolute Gasteiger partial charge is 0.356 e. The molecule has 0 aliphatic heterocycles. The highest BCUT2D eigenvalue weighted by Crippen LogP contribution is 2.37. The van der Waals surface area contributed by atoms with Gasteiger partial charge in [0.15, 0.2) is 0 Å². The SMILES string of the molecule is CC(=O)NC[C@@H](C)c1cc(C(F)(F)F)cc(C(F)(F)F)c1. The third-order valence-electron chi connectivity index (χ3n) is 2.84. The van der Waals surface area contributed by atoms with Crippen molar-refractivity contribution in [3.8, 4) is 0 Å². The Morgan fingerprint density at radius 2 is 1.48 bits per heavy atom. The molecule has 0 heterocycles. The van der Waals surface area contributed by atoms with Crippen LogP contribution >= 0.6 is 0 Å². The molecule has 118 valence electrons. The average molecular weight is 313 g/mol. The summed E-state index contributed by atoms with van der Waals surface area (Å²) >= 11 is 0. The van der Waals surface area contributed by atoms with Gasteiger partial charge in [0.05, 0.1) is 11.1 Å². The van der Waals surface area contributed by atoms with Gasteiger partial charge in [0.25, 0.3) is 0 Å². The van der Waals surface area contributed by atoms with Crippen molar-refractivity contribution in [1.82, 2.24) is 5.32 Å². The van der Waals surface area contributed by atoms with Gasteiger partial charge in [-0.3, -0.25) is 4.79 Å². The summed E-state index contributed by atoms with van der Waals surface area (Å²) in [6.45, 7) is 2.60. The van der Waals surface area contributed by atoms with E-state index < -0.39 is 35.3 Å². The molecule has 1 N–H and O–H groups in total. The molecule has 0 saturated heterocycles. The Labute approximate surface area is 117 Å². The van der Waals surface area contributed by atoms with Gasteiger partial charge in [0.1, 0.15) is 0 Å². The molecule has 8 heteroatoms. The van der Waals surface area contributed by atoms with E-state index in [0.717, 1.165) is 0 Å². The van der Waals surface area contributed by atoms with Crippen LogP contribution < -0.4 is 5.32 Å². The van der Waals surface area contributed by atoms with Crippen LogP contribution in [0.15, 0.2) is 18.2 Å². The van der Waals surface area contributed by atoms with Gasteiger partial charge in [-0.05, 0) is 29.7 Å². The summed E-state index contributed by atoms with van der Waals surface area (Å²) in [7, 11) is 0. The van der Waals surface area contributed by atoms with Crippen LogP contribution in [-0.2, 0) is 17.1 Å². The van der Waals surface area contributed by atoms with E-state index in [9.17, 15) is 31.1 Å². The van der Waals surface area contributed by atoms with Crippen LogP contribution in [0.3, 0.4) is 0 Å². The summed E-state index contributed by atoms with van der Waals surface area (Å²) in [5, 5.41) is 2.36. The van der Waals surface area contributed by atoms with Crippen LogP contribution in [-0.4, -0.2) is 12.5 Å². The molecule has 1 aromatic carbocycles. The Hall–Kier alpha value is -1.73. The van der Waals surface area contributed by atoms with E-state index in [4.69, 9.17) is 0 Å². The van der Waals surface area contributed by atoms with Crippen LogP contribution in [0.4, 0.5) is 26.3 Å². The van der Waals surface area contributed by atoms with Crippen LogP contribution in [0.25, 0.3) is 0 Å². The van der Waals surface area contributed by atoms with Crippen LogP contribution in [0, 0.1) is 0 Å². The lowest BCUT2D eigenvalue weighted by Gasteiger charge is -2.18. The summed E-state index contributed by atoms with van der Waals surface area (Å²) in [5.74, 6) is -1.10. The first kappa shape index (κ1) is 17.3. The fourth-order valence-electron chi connectivity index (χ4n) is 1.68. The maximum Gasteiger partial charge on any atom is 0.416 e. The maximum atomic E-state index is 12.7. The number of hydrogen-bond acceptors (Lipinski definition) is 1. The molecule has 1 rings (SSSR count). The number of nitrogens with one attached hydrogen (secondary N) is 1. The third-order valence-corrected chi connectivity index (χ3v) is 2.84. The lowest BCUT2D eigenvalue weighted by atomic mass is 9.95. The first-order valence-corrected chi connectivity index (χ1v) is 5.95. The largest absolute Gasteiger partial charge is 0.416 e. The van der Waals surface area contributed by atoms with Gasteiger partial charge in [-0.2, -0.15) is 26.3 Å². The van der Waals surface area contributed by atoms with Gasteiger partial charge in [0, 0.05) is 13.5 Å². The van der Waals surface area contributed by atoms with Gasteiger partial charge >= 0.3 is 12.4 Å². The van der Waals surface area contributed by atoms with E-state index in [-0.39, 0.29) is 18.2 Å². The minimum Gasteiger partial charge on any atom is -0.356 e. The monoisotopic (exact) mass is 313 g/mol. The Kier molecular flexibility index (Phi) is 4.91. The Morgan fingerprint density at radius 1 is 1.05 bits per heavy atom. The molecule has 1 aromatic rings. The standard InChI is InChI=1S/C13H13F6NO/c1-7(6-20-8(2)21)9-3-10(12(14,15)16)5-11(4-9)13(17,18)19/h3-5,7H,6H2,1-2H3,(H,20,21)/t7-/m1/s1. The number of rotatable bonds is 3. The molecule has 21 heavy (non-hydrogen) atoms. The van der Waals surface area contributed by atoms with Gasteiger partial charge < -0.3 is 5.32 Å². The zero-order valence-electron chi connectivity index (χ0n) is 11.2. The van der Waals surface area contributed by atoms with Crippen molar-refractivity contribution in [3.63, 3.8) is 0 Å². The summed E-state index contributed by atoms with van der Waals surface area (Å²) in [5.41, 5.74) is -2.85. The molecule has 1 amide bonds. The van der Waals surface area contributed by atoms with Gasteiger partial charge in [0.2, 0.25) is 5.91 Å². The maximum absolute atomic E-state index is 12.7. The van der Waals surface area contributed by atoms with Gasteiger partial charge in [-0.1, -0.05) is 6.92 Å². The second-order valence-electron chi connectivity index (χ2n) is 4.68. The molecule has 0 fully saturated rings. The summed E-state index contributed by atoms with van der Waals surface area (Å²) in [6.07, 6.45) is -9.74. The van der Waals surface area contributed by atoms with Gasteiger partial charge in [-0.15, -0.1) is 0 Å². The second-order valence-corrected chi connectivity index (χ2v) is 4.68. The van der Waals surface area contributed by atoms with Crippen molar-refractivity contribution >= 4 is 5.91 Å². The van der Waals surface area contributed by atoms with E-state index in [1.807, 2.05) is 0 Å². The van der Waals surface area contributed by atoms with Crippen molar-refractivity contribution < 1.29 is 31.1 Å². The zero-order valence-corrected chi connectivity index (χ0v) is 11.2. The van der Waals surface area contributed by atoms with Crippen LogP contribution in [0.1, 0.15) is 36.5 Å². The molecule has 0 radical (unpaired) electrons.